The van der Waals surface area contributed by atoms with E-state index in [1.54, 1.807) is 0 Å². The highest BCUT2D eigenvalue weighted by molar-refractivity contribution is 8.14. The predicted octanol–water partition coefficient (Wildman–Crippen LogP) is 3.11. The van der Waals surface area contributed by atoms with Gasteiger partial charge in [-0.2, -0.15) is 0 Å². The highest BCUT2D eigenvalue weighted by atomic mass is 35.5. The molecule has 0 aliphatic rings. The first kappa shape index (κ1) is 15.5. The number of nitrogens with two attached hydrogens (primary N) is 1. The summed E-state index contributed by atoms with van der Waals surface area (Å²) in [6.45, 7) is 0.747. The molecule has 0 amide bonds. The van der Waals surface area contributed by atoms with E-state index in [0.29, 0.717) is 0 Å². The van der Waals surface area contributed by atoms with Gasteiger partial charge >= 0.3 is 0 Å². The fourth-order valence-corrected chi connectivity index (χ4v) is 2.08. The number of rotatable bonds is 6. The van der Waals surface area contributed by atoms with E-state index in [1.807, 2.05) is 30.3 Å². The average Bonchev–Trinajstić information content (AvgIpc) is 2.30. The second-order valence-corrected chi connectivity index (χ2v) is 4.42. The zero-order valence-electron chi connectivity index (χ0n) is 9.22. The first-order chi connectivity index (χ1) is 7.34. The van der Waals surface area contributed by atoms with Crippen molar-refractivity contribution < 1.29 is 4.79 Å². The molecule has 2 nitrogen and oxygen atoms in total. The Kier molecular flexibility index (Phi) is 9.39. The second kappa shape index (κ2) is 9.70. The molecule has 0 bridgehead atoms. The number of halogens is 1. The molecule has 0 saturated carbocycles. The molecule has 0 spiro atoms. The lowest BCUT2D eigenvalue weighted by atomic mass is 10.2. The minimum atomic E-state index is 0. The van der Waals surface area contributed by atoms with Gasteiger partial charge in [-0.3, -0.25) is 4.79 Å². The maximum Gasteiger partial charge on any atom is 0.219 e. The van der Waals surface area contributed by atoms with Gasteiger partial charge in [-0.25, -0.2) is 0 Å². The van der Waals surface area contributed by atoms with Crippen molar-refractivity contribution in [2.45, 2.75) is 19.3 Å². The standard InChI is InChI=1S/C12H17NOS.ClH/c13-9-5-2-6-10-15-12(14)11-7-3-1-4-8-11;/h1,3-4,7-8H,2,5-6,9-10,13H2;1H. The third-order valence-corrected chi connectivity index (χ3v) is 3.08. The Morgan fingerprint density at radius 1 is 1.12 bits per heavy atom. The van der Waals surface area contributed by atoms with Crippen LogP contribution in [0, 0.1) is 0 Å². The molecule has 1 aromatic rings. The van der Waals surface area contributed by atoms with Gasteiger partial charge < -0.3 is 5.73 Å². The van der Waals surface area contributed by atoms with Crippen LogP contribution in [0.4, 0.5) is 0 Å². The predicted molar refractivity (Wildman–Crippen MR) is 73.4 cm³/mol. The van der Waals surface area contributed by atoms with Crippen molar-refractivity contribution in [3.63, 3.8) is 0 Å². The number of carbonyl (C=O) groups is 1. The molecule has 2 N–H and O–H groups in total. The summed E-state index contributed by atoms with van der Waals surface area (Å²) in [5, 5.41) is 0.170. The minimum Gasteiger partial charge on any atom is -0.330 e. The van der Waals surface area contributed by atoms with Gasteiger partial charge in [0.25, 0.3) is 0 Å². The van der Waals surface area contributed by atoms with Crippen LogP contribution in [0.5, 0.6) is 0 Å². The second-order valence-electron chi connectivity index (χ2n) is 3.35. The number of hydrogen-bond acceptors (Lipinski definition) is 3. The Bertz CT molecular complexity index is 292. The molecule has 0 heterocycles. The van der Waals surface area contributed by atoms with Crippen molar-refractivity contribution in [2.75, 3.05) is 12.3 Å². The monoisotopic (exact) mass is 259 g/mol. The van der Waals surface area contributed by atoms with E-state index in [4.69, 9.17) is 5.73 Å². The molecule has 1 aromatic carbocycles. The third-order valence-electron chi connectivity index (χ3n) is 2.09. The number of benzene rings is 1. The normalized spacial score (nSPS) is 9.56. The van der Waals surface area contributed by atoms with Crippen LogP contribution in [0.1, 0.15) is 29.6 Å². The van der Waals surface area contributed by atoms with Gasteiger partial charge in [0, 0.05) is 11.3 Å². The first-order valence-corrected chi connectivity index (χ1v) is 6.25. The Morgan fingerprint density at radius 2 is 1.81 bits per heavy atom. The molecular formula is C12H18ClNOS. The van der Waals surface area contributed by atoms with Crippen molar-refractivity contribution >= 4 is 29.3 Å². The van der Waals surface area contributed by atoms with Gasteiger partial charge in [0.1, 0.15) is 0 Å². The number of unbranched alkanes of at least 4 members (excludes halogenated alkanes) is 2. The first-order valence-electron chi connectivity index (χ1n) is 5.27. The van der Waals surface area contributed by atoms with Gasteiger partial charge in [0.2, 0.25) is 5.12 Å². The zero-order chi connectivity index (χ0) is 10.9. The summed E-state index contributed by atoms with van der Waals surface area (Å²) in [7, 11) is 0. The van der Waals surface area contributed by atoms with E-state index < -0.39 is 0 Å². The van der Waals surface area contributed by atoms with Crippen LogP contribution < -0.4 is 5.73 Å². The van der Waals surface area contributed by atoms with E-state index in [1.165, 1.54) is 11.8 Å². The molecule has 0 aromatic heterocycles. The SMILES string of the molecule is Cl.NCCCCCSC(=O)c1ccccc1. The molecule has 0 atom stereocenters. The summed E-state index contributed by atoms with van der Waals surface area (Å²) in [5.41, 5.74) is 6.18. The zero-order valence-corrected chi connectivity index (χ0v) is 10.9. The van der Waals surface area contributed by atoms with Gasteiger partial charge in [0.05, 0.1) is 0 Å². The molecule has 16 heavy (non-hydrogen) atoms. The van der Waals surface area contributed by atoms with Crippen LogP contribution >= 0.6 is 24.2 Å². The molecule has 1 rings (SSSR count). The van der Waals surface area contributed by atoms with Gasteiger partial charge in [-0.05, 0) is 19.4 Å². The molecular weight excluding hydrogens is 242 g/mol. The summed E-state index contributed by atoms with van der Waals surface area (Å²) >= 11 is 1.40. The Hall–Kier alpha value is -0.510. The Labute approximate surface area is 107 Å². The van der Waals surface area contributed by atoms with Crippen molar-refractivity contribution in [1.82, 2.24) is 0 Å². The summed E-state index contributed by atoms with van der Waals surface area (Å²) in [6.07, 6.45) is 3.24. The lowest BCUT2D eigenvalue weighted by Crippen LogP contribution is -1.99. The summed E-state index contributed by atoms with van der Waals surface area (Å²) in [4.78, 5) is 11.6. The highest BCUT2D eigenvalue weighted by Gasteiger charge is 2.04. The van der Waals surface area contributed by atoms with Crippen LogP contribution in [0.2, 0.25) is 0 Å². The third kappa shape index (κ3) is 6.16. The number of thioether (sulfide) groups is 1. The highest BCUT2D eigenvalue weighted by Crippen LogP contribution is 2.13. The van der Waals surface area contributed by atoms with Crippen molar-refractivity contribution in [3.05, 3.63) is 35.9 Å². The quantitative estimate of drug-likeness (QED) is 0.799. The largest absolute Gasteiger partial charge is 0.330 e. The van der Waals surface area contributed by atoms with Crippen LogP contribution in [0.15, 0.2) is 30.3 Å². The van der Waals surface area contributed by atoms with Crippen LogP contribution in [0.25, 0.3) is 0 Å². The maximum absolute atomic E-state index is 11.6. The van der Waals surface area contributed by atoms with Crippen LogP contribution in [-0.2, 0) is 0 Å². The van der Waals surface area contributed by atoms with E-state index in [0.717, 1.165) is 37.1 Å². The van der Waals surface area contributed by atoms with Crippen molar-refractivity contribution in [2.24, 2.45) is 5.73 Å². The summed E-state index contributed by atoms with van der Waals surface area (Å²) in [5.74, 6) is 0.897. The summed E-state index contributed by atoms with van der Waals surface area (Å²) < 4.78 is 0. The van der Waals surface area contributed by atoms with E-state index in [-0.39, 0.29) is 17.5 Å². The molecule has 0 unspecified atom stereocenters. The van der Waals surface area contributed by atoms with Crippen LogP contribution in [-0.4, -0.2) is 17.4 Å². The minimum absolute atomic E-state index is 0. The smallest absolute Gasteiger partial charge is 0.219 e. The number of hydrogen-bond donors (Lipinski definition) is 1. The van der Waals surface area contributed by atoms with Crippen molar-refractivity contribution in [3.8, 4) is 0 Å². The van der Waals surface area contributed by atoms with E-state index >= 15 is 0 Å². The van der Waals surface area contributed by atoms with Crippen molar-refractivity contribution in [1.29, 1.82) is 0 Å². The van der Waals surface area contributed by atoms with E-state index in [2.05, 4.69) is 0 Å². The van der Waals surface area contributed by atoms with Crippen LogP contribution in [0.3, 0.4) is 0 Å². The number of carbonyl (C=O) groups excluding carboxylic acids is 1. The maximum atomic E-state index is 11.6. The molecule has 0 fully saturated rings. The average molecular weight is 260 g/mol. The topological polar surface area (TPSA) is 43.1 Å². The Balaban J connectivity index is 0.00000225. The lowest BCUT2D eigenvalue weighted by molar-refractivity contribution is 0.108. The molecule has 4 heteroatoms. The fourth-order valence-electron chi connectivity index (χ4n) is 1.25. The lowest BCUT2D eigenvalue weighted by Gasteiger charge is -2.00. The molecule has 0 aliphatic carbocycles. The Morgan fingerprint density at radius 3 is 2.44 bits per heavy atom. The molecule has 0 radical (unpaired) electrons. The van der Waals surface area contributed by atoms with Gasteiger partial charge in [-0.1, -0.05) is 48.5 Å². The van der Waals surface area contributed by atoms with Gasteiger partial charge in [0.15, 0.2) is 0 Å². The molecule has 0 saturated heterocycles. The summed E-state index contributed by atoms with van der Waals surface area (Å²) in [6, 6.07) is 9.41. The molecule has 0 aliphatic heterocycles. The van der Waals surface area contributed by atoms with Gasteiger partial charge in [-0.15, -0.1) is 12.4 Å². The molecule has 90 valence electrons. The fraction of sp³-hybridized carbons (Fsp3) is 0.417. The van der Waals surface area contributed by atoms with E-state index in [9.17, 15) is 4.79 Å².